The Kier molecular flexibility index (Phi) is 4.88. The summed E-state index contributed by atoms with van der Waals surface area (Å²) in [5, 5.41) is 10.2. The summed E-state index contributed by atoms with van der Waals surface area (Å²) in [7, 11) is 3.50. The smallest absolute Gasteiger partial charge is 0.0971 e. The van der Waals surface area contributed by atoms with Crippen LogP contribution in [0.2, 0.25) is 0 Å². The zero-order valence-electron chi connectivity index (χ0n) is 12.8. The Balaban J connectivity index is 1.90. The van der Waals surface area contributed by atoms with E-state index in [0.717, 1.165) is 38.9 Å². The lowest BCUT2D eigenvalue weighted by Gasteiger charge is -2.40. The van der Waals surface area contributed by atoms with E-state index in [4.69, 9.17) is 9.47 Å². The molecule has 0 bridgehead atoms. The zero-order valence-corrected chi connectivity index (χ0v) is 12.8. The van der Waals surface area contributed by atoms with Crippen LogP contribution in [0.3, 0.4) is 0 Å². The number of methoxy groups -OCH3 is 2. The Hall–Kier alpha value is -0.160. The van der Waals surface area contributed by atoms with Gasteiger partial charge in [-0.3, -0.25) is 4.90 Å². The van der Waals surface area contributed by atoms with Crippen LogP contribution in [0.4, 0.5) is 0 Å². The minimum absolute atomic E-state index is 0.143. The molecule has 4 unspecified atom stereocenters. The highest BCUT2D eigenvalue weighted by Crippen LogP contribution is 2.39. The van der Waals surface area contributed by atoms with E-state index in [1.54, 1.807) is 14.2 Å². The molecule has 0 amide bonds. The Morgan fingerprint density at radius 3 is 2.26 bits per heavy atom. The molecule has 0 aromatic carbocycles. The molecule has 1 saturated carbocycles. The van der Waals surface area contributed by atoms with E-state index >= 15 is 0 Å². The summed E-state index contributed by atoms with van der Waals surface area (Å²) in [6.07, 6.45) is 3.37. The maximum Gasteiger partial charge on any atom is 0.0971 e. The van der Waals surface area contributed by atoms with Gasteiger partial charge in [0, 0.05) is 33.9 Å². The molecule has 2 fully saturated rings. The Morgan fingerprint density at radius 2 is 1.74 bits per heavy atom. The van der Waals surface area contributed by atoms with E-state index in [-0.39, 0.29) is 18.3 Å². The van der Waals surface area contributed by atoms with Crippen molar-refractivity contribution in [2.45, 2.75) is 51.4 Å². The van der Waals surface area contributed by atoms with Gasteiger partial charge in [-0.1, -0.05) is 13.8 Å². The van der Waals surface area contributed by atoms with Gasteiger partial charge in [-0.25, -0.2) is 0 Å². The first kappa shape index (κ1) is 15.2. The van der Waals surface area contributed by atoms with Crippen LogP contribution >= 0.6 is 0 Å². The van der Waals surface area contributed by atoms with E-state index in [1.807, 2.05) is 0 Å². The molecule has 2 rings (SSSR count). The fraction of sp³-hybridized carbons (Fsp3) is 1.00. The molecule has 0 spiro atoms. The second-order valence-electron chi connectivity index (χ2n) is 7.00. The summed E-state index contributed by atoms with van der Waals surface area (Å²) in [6.45, 7) is 7.42. The van der Waals surface area contributed by atoms with E-state index in [1.165, 1.54) is 0 Å². The first-order chi connectivity index (χ1) is 8.95. The monoisotopic (exact) mass is 271 g/mol. The van der Waals surface area contributed by atoms with Gasteiger partial charge in [0.15, 0.2) is 0 Å². The quantitative estimate of drug-likeness (QED) is 0.842. The predicted octanol–water partition coefficient (Wildman–Crippen LogP) is 1.52. The van der Waals surface area contributed by atoms with Crippen molar-refractivity contribution >= 4 is 0 Å². The number of aliphatic hydroxyl groups is 1. The molecule has 4 heteroatoms. The topological polar surface area (TPSA) is 41.9 Å². The van der Waals surface area contributed by atoms with Crippen molar-refractivity contribution < 1.29 is 14.6 Å². The molecule has 1 heterocycles. The summed E-state index contributed by atoms with van der Waals surface area (Å²) < 4.78 is 10.9. The fourth-order valence-electron chi connectivity index (χ4n) is 3.66. The summed E-state index contributed by atoms with van der Waals surface area (Å²) in [5.74, 6) is 0.386. The van der Waals surface area contributed by atoms with E-state index in [0.29, 0.717) is 11.3 Å². The molecule has 19 heavy (non-hydrogen) atoms. The lowest BCUT2D eigenvalue weighted by molar-refractivity contribution is -0.00461. The number of rotatable bonds is 4. The van der Waals surface area contributed by atoms with Crippen LogP contribution in [0, 0.1) is 11.3 Å². The third kappa shape index (κ3) is 3.69. The van der Waals surface area contributed by atoms with Gasteiger partial charge >= 0.3 is 0 Å². The highest BCUT2D eigenvalue weighted by molar-refractivity contribution is 4.91. The lowest BCUT2D eigenvalue weighted by atomic mass is 9.71. The van der Waals surface area contributed by atoms with Crippen molar-refractivity contribution in [1.29, 1.82) is 0 Å². The summed E-state index contributed by atoms with van der Waals surface area (Å²) in [6, 6.07) is 0. The Morgan fingerprint density at radius 1 is 1.16 bits per heavy atom. The highest BCUT2D eigenvalue weighted by atomic mass is 16.5. The number of ether oxygens (including phenoxy) is 2. The molecule has 0 aromatic rings. The van der Waals surface area contributed by atoms with Crippen LogP contribution in [0.15, 0.2) is 0 Å². The summed E-state index contributed by atoms with van der Waals surface area (Å²) in [4.78, 5) is 2.39. The third-order valence-electron chi connectivity index (χ3n) is 4.86. The molecular weight excluding hydrogens is 242 g/mol. The predicted molar refractivity (Wildman–Crippen MR) is 75.2 cm³/mol. The molecule has 0 aromatic heterocycles. The molecule has 1 aliphatic heterocycles. The molecule has 0 radical (unpaired) electrons. The molecule has 4 nitrogen and oxygen atoms in total. The van der Waals surface area contributed by atoms with Crippen molar-refractivity contribution in [2.75, 3.05) is 33.9 Å². The van der Waals surface area contributed by atoms with E-state index in [2.05, 4.69) is 18.7 Å². The molecule has 2 aliphatic rings. The minimum atomic E-state index is -0.143. The van der Waals surface area contributed by atoms with Gasteiger partial charge in [-0.05, 0) is 30.6 Å². The van der Waals surface area contributed by atoms with Gasteiger partial charge in [-0.2, -0.15) is 0 Å². The van der Waals surface area contributed by atoms with Gasteiger partial charge in [0.2, 0.25) is 0 Å². The van der Waals surface area contributed by atoms with Crippen LogP contribution in [-0.2, 0) is 9.47 Å². The van der Waals surface area contributed by atoms with Crippen LogP contribution < -0.4 is 0 Å². The maximum absolute atomic E-state index is 10.2. The van der Waals surface area contributed by atoms with Crippen molar-refractivity contribution in [1.82, 2.24) is 4.90 Å². The van der Waals surface area contributed by atoms with Gasteiger partial charge in [0.25, 0.3) is 0 Å². The fourth-order valence-corrected chi connectivity index (χ4v) is 3.66. The molecule has 112 valence electrons. The highest BCUT2D eigenvalue weighted by Gasteiger charge is 2.38. The van der Waals surface area contributed by atoms with Crippen molar-refractivity contribution in [2.24, 2.45) is 11.3 Å². The van der Waals surface area contributed by atoms with Crippen LogP contribution in [0.1, 0.15) is 33.1 Å². The van der Waals surface area contributed by atoms with Crippen molar-refractivity contribution in [3.63, 3.8) is 0 Å². The van der Waals surface area contributed by atoms with Crippen molar-refractivity contribution in [3.05, 3.63) is 0 Å². The SMILES string of the molecule is COC1CN(CC2CC(C)(C)CCC2O)CC1OC. The summed E-state index contributed by atoms with van der Waals surface area (Å²) in [5.41, 5.74) is 0.366. The second-order valence-corrected chi connectivity index (χ2v) is 7.00. The minimum Gasteiger partial charge on any atom is -0.393 e. The number of hydrogen-bond acceptors (Lipinski definition) is 4. The third-order valence-corrected chi connectivity index (χ3v) is 4.86. The molecule has 4 atom stereocenters. The Labute approximate surface area is 117 Å². The van der Waals surface area contributed by atoms with E-state index < -0.39 is 0 Å². The van der Waals surface area contributed by atoms with Gasteiger partial charge in [0.05, 0.1) is 18.3 Å². The zero-order chi connectivity index (χ0) is 14.0. The largest absolute Gasteiger partial charge is 0.393 e. The first-order valence-electron chi connectivity index (χ1n) is 7.41. The number of aliphatic hydroxyl groups excluding tert-OH is 1. The normalized spacial score (nSPS) is 39.6. The van der Waals surface area contributed by atoms with E-state index in [9.17, 15) is 5.11 Å². The second kappa shape index (κ2) is 6.08. The lowest BCUT2D eigenvalue weighted by Crippen LogP contribution is -2.40. The van der Waals surface area contributed by atoms with Crippen LogP contribution in [0.5, 0.6) is 0 Å². The van der Waals surface area contributed by atoms with Gasteiger partial charge < -0.3 is 14.6 Å². The average molecular weight is 271 g/mol. The number of likely N-dealkylation sites (tertiary alicyclic amines) is 1. The maximum atomic E-state index is 10.2. The number of hydrogen-bond donors (Lipinski definition) is 1. The number of nitrogens with zero attached hydrogens (tertiary/aromatic N) is 1. The van der Waals surface area contributed by atoms with Crippen LogP contribution in [0.25, 0.3) is 0 Å². The van der Waals surface area contributed by atoms with Crippen molar-refractivity contribution in [3.8, 4) is 0 Å². The van der Waals surface area contributed by atoms with Gasteiger partial charge in [-0.15, -0.1) is 0 Å². The molecular formula is C15H29NO3. The average Bonchev–Trinajstić information content (AvgIpc) is 2.76. The Bertz CT molecular complexity index is 283. The van der Waals surface area contributed by atoms with Gasteiger partial charge in [0.1, 0.15) is 0 Å². The molecule has 1 N–H and O–H groups in total. The summed E-state index contributed by atoms with van der Waals surface area (Å²) >= 11 is 0. The first-order valence-corrected chi connectivity index (χ1v) is 7.41. The molecule has 1 aliphatic carbocycles. The van der Waals surface area contributed by atoms with Crippen LogP contribution in [-0.4, -0.2) is 62.2 Å². The standard InChI is InChI=1S/C15H29NO3/c1-15(2)6-5-12(17)11(7-15)8-16-9-13(18-3)14(10-16)19-4/h11-14,17H,5-10H2,1-4H3. The molecule has 1 saturated heterocycles.